The van der Waals surface area contributed by atoms with Gasteiger partial charge in [-0.3, -0.25) is 14.6 Å². The molecular weight excluding hydrogens is 278 g/mol. The Morgan fingerprint density at radius 2 is 1.59 bits per heavy atom. The van der Waals surface area contributed by atoms with Crippen LogP contribution in [-0.4, -0.2) is 29.9 Å². The lowest BCUT2D eigenvalue weighted by atomic mass is 10.1. The minimum atomic E-state index is -0.132. The number of rotatable bonds is 6. The van der Waals surface area contributed by atoms with Crippen LogP contribution in [0.4, 0.5) is 0 Å². The molecule has 0 atom stereocenters. The molecule has 2 rings (SSSR count). The standard InChI is InChI=1S/C17H19N3O2/c1-13-5-2-3-6-15(13)17(22)20-10-4-9-19-16(21)14-7-11-18-12-8-14/h2-3,5-8,11-12H,4,9-10H2,1H3,(H,19,21)(H,20,22). The van der Waals surface area contributed by atoms with Crippen LogP contribution in [0.15, 0.2) is 48.8 Å². The maximum atomic E-state index is 12.0. The molecule has 22 heavy (non-hydrogen) atoms. The molecule has 1 aromatic heterocycles. The molecule has 0 aliphatic heterocycles. The monoisotopic (exact) mass is 297 g/mol. The number of pyridine rings is 1. The molecule has 0 unspecified atom stereocenters. The molecule has 0 spiro atoms. The van der Waals surface area contributed by atoms with Crippen LogP contribution in [0.3, 0.4) is 0 Å². The smallest absolute Gasteiger partial charge is 0.251 e. The Kier molecular flexibility index (Phi) is 5.65. The van der Waals surface area contributed by atoms with Crippen molar-refractivity contribution in [2.24, 2.45) is 0 Å². The molecule has 0 saturated heterocycles. The van der Waals surface area contributed by atoms with Gasteiger partial charge in [0.25, 0.3) is 11.8 Å². The van der Waals surface area contributed by atoms with Crippen LogP contribution in [0.25, 0.3) is 0 Å². The van der Waals surface area contributed by atoms with Crippen molar-refractivity contribution in [1.29, 1.82) is 0 Å². The average molecular weight is 297 g/mol. The molecule has 0 bridgehead atoms. The first-order valence-electron chi connectivity index (χ1n) is 7.20. The van der Waals surface area contributed by atoms with Gasteiger partial charge in [0.2, 0.25) is 0 Å². The molecule has 1 aromatic carbocycles. The summed E-state index contributed by atoms with van der Waals surface area (Å²) in [5.74, 6) is -0.216. The van der Waals surface area contributed by atoms with E-state index in [1.165, 1.54) is 0 Å². The summed E-state index contributed by atoms with van der Waals surface area (Å²) in [7, 11) is 0. The Morgan fingerprint density at radius 1 is 0.955 bits per heavy atom. The molecule has 2 N–H and O–H groups in total. The first-order valence-corrected chi connectivity index (χ1v) is 7.20. The highest BCUT2D eigenvalue weighted by Crippen LogP contribution is 2.06. The summed E-state index contributed by atoms with van der Waals surface area (Å²) in [6, 6.07) is 10.8. The second kappa shape index (κ2) is 7.93. The molecule has 0 fully saturated rings. The van der Waals surface area contributed by atoms with Crippen LogP contribution in [0.2, 0.25) is 0 Å². The quantitative estimate of drug-likeness (QED) is 0.800. The Balaban J connectivity index is 1.69. The van der Waals surface area contributed by atoms with E-state index in [4.69, 9.17) is 0 Å². The zero-order valence-corrected chi connectivity index (χ0v) is 12.5. The van der Waals surface area contributed by atoms with Gasteiger partial charge in [0, 0.05) is 36.6 Å². The third-order valence-electron chi connectivity index (χ3n) is 3.26. The summed E-state index contributed by atoms with van der Waals surface area (Å²) in [4.78, 5) is 27.6. The molecule has 114 valence electrons. The van der Waals surface area contributed by atoms with Crippen molar-refractivity contribution in [1.82, 2.24) is 15.6 Å². The van der Waals surface area contributed by atoms with E-state index in [-0.39, 0.29) is 11.8 Å². The van der Waals surface area contributed by atoms with E-state index in [0.29, 0.717) is 30.6 Å². The van der Waals surface area contributed by atoms with Gasteiger partial charge in [-0.05, 0) is 37.1 Å². The first kappa shape index (κ1) is 15.7. The summed E-state index contributed by atoms with van der Waals surface area (Å²) in [5.41, 5.74) is 2.22. The Bertz CT molecular complexity index is 641. The summed E-state index contributed by atoms with van der Waals surface area (Å²) in [6.07, 6.45) is 3.84. The van der Waals surface area contributed by atoms with E-state index in [1.54, 1.807) is 30.6 Å². The maximum Gasteiger partial charge on any atom is 0.251 e. The van der Waals surface area contributed by atoms with Crippen LogP contribution in [0.1, 0.15) is 32.7 Å². The fourth-order valence-corrected chi connectivity index (χ4v) is 2.02. The van der Waals surface area contributed by atoms with Crippen LogP contribution in [0, 0.1) is 6.92 Å². The van der Waals surface area contributed by atoms with Crippen molar-refractivity contribution in [2.45, 2.75) is 13.3 Å². The van der Waals surface area contributed by atoms with Crippen molar-refractivity contribution in [3.63, 3.8) is 0 Å². The molecule has 2 aromatic rings. The maximum absolute atomic E-state index is 12.0. The summed E-state index contributed by atoms with van der Waals surface area (Å²) in [6.45, 7) is 2.93. The number of benzene rings is 1. The Labute approximate surface area is 129 Å². The zero-order valence-electron chi connectivity index (χ0n) is 12.5. The van der Waals surface area contributed by atoms with Gasteiger partial charge < -0.3 is 10.6 Å². The number of amides is 2. The molecule has 5 heteroatoms. The van der Waals surface area contributed by atoms with Gasteiger partial charge in [0.15, 0.2) is 0 Å². The van der Waals surface area contributed by atoms with E-state index in [1.807, 2.05) is 25.1 Å². The number of nitrogens with zero attached hydrogens (tertiary/aromatic N) is 1. The van der Waals surface area contributed by atoms with Gasteiger partial charge in [-0.1, -0.05) is 18.2 Å². The van der Waals surface area contributed by atoms with Crippen molar-refractivity contribution in [2.75, 3.05) is 13.1 Å². The second-order valence-electron chi connectivity index (χ2n) is 4.92. The molecule has 0 saturated carbocycles. The number of carbonyl (C=O) groups is 2. The zero-order chi connectivity index (χ0) is 15.8. The topological polar surface area (TPSA) is 71.1 Å². The lowest BCUT2D eigenvalue weighted by Gasteiger charge is -2.08. The summed E-state index contributed by atoms with van der Waals surface area (Å²) in [5, 5.41) is 5.66. The van der Waals surface area contributed by atoms with Gasteiger partial charge in [0.05, 0.1) is 0 Å². The highest BCUT2D eigenvalue weighted by Gasteiger charge is 2.07. The van der Waals surface area contributed by atoms with E-state index in [9.17, 15) is 9.59 Å². The molecule has 0 aliphatic carbocycles. The molecular formula is C17H19N3O2. The Morgan fingerprint density at radius 3 is 2.27 bits per heavy atom. The predicted octanol–water partition coefficient (Wildman–Crippen LogP) is 1.94. The number of nitrogens with one attached hydrogen (secondary N) is 2. The molecule has 2 amide bonds. The number of hydrogen-bond donors (Lipinski definition) is 2. The third-order valence-corrected chi connectivity index (χ3v) is 3.26. The average Bonchev–Trinajstić information content (AvgIpc) is 2.55. The van der Waals surface area contributed by atoms with E-state index in [0.717, 1.165) is 5.56 Å². The highest BCUT2D eigenvalue weighted by atomic mass is 16.2. The predicted molar refractivity (Wildman–Crippen MR) is 84.7 cm³/mol. The number of aryl methyl sites for hydroxylation is 1. The van der Waals surface area contributed by atoms with E-state index >= 15 is 0 Å². The minimum Gasteiger partial charge on any atom is -0.352 e. The minimum absolute atomic E-state index is 0.0847. The first-order chi connectivity index (χ1) is 10.7. The molecule has 1 heterocycles. The largest absolute Gasteiger partial charge is 0.352 e. The second-order valence-corrected chi connectivity index (χ2v) is 4.92. The van der Waals surface area contributed by atoms with Crippen molar-refractivity contribution >= 4 is 11.8 Å². The molecule has 0 aliphatic rings. The Hall–Kier alpha value is -2.69. The fourth-order valence-electron chi connectivity index (χ4n) is 2.02. The summed E-state index contributed by atoms with van der Waals surface area (Å²) < 4.78 is 0. The van der Waals surface area contributed by atoms with Gasteiger partial charge in [-0.2, -0.15) is 0 Å². The van der Waals surface area contributed by atoms with Crippen molar-refractivity contribution in [3.8, 4) is 0 Å². The lowest BCUT2D eigenvalue weighted by Crippen LogP contribution is -2.30. The lowest BCUT2D eigenvalue weighted by molar-refractivity contribution is 0.0951. The number of hydrogen-bond acceptors (Lipinski definition) is 3. The number of aromatic nitrogens is 1. The van der Waals surface area contributed by atoms with Crippen LogP contribution in [0.5, 0.6) is 0 Å². The molecule has 5 nitrogen and oxygen atoms in total. The van der Waals surface area contributed by atoms with E-state index < -0.39 is 0 Å². The van der Waals surface area contributed by atoms with E-state index in [2.05, 4.69) is 15.6 Å². The number of carbonyl (C=O) groups excluding carboxylic acids is 2. The van der Waals surface area contributed by atoms with Crippen LogP contribution in [-0.2, 0) is 0 Å². The third kappa shape index (κ3) is 4.41. The normalized spacial score (nSPS) is 10.0. The van der Waals surface area contributed by atoms with Gasteiger partial charge >= 0.3 is 0 Å². The van der Waals surface area contributed by atoms with Crippen molar-refractivity contribution < 1.29 is 9.59 Å². The van der Waals surface area contributed by atoms with Gasteiger partial charge in [-0.15, -0.1) is 0 Å². The van der Waals surface area contributed by atoms with Crippen LogP contribution < -0.4 is 10.6 Å². The summed E-state index contributed by atoms with van der Waals surface area (Å²) >= 11 is 0. The van der Waals surface area contributed by atoms with Crippen molar-refractivity contribution in [3.05, 3.63) is 65.5 Å². The highest BCUT2D eigenvalue weighted by molar-refractivity contribution is 5.95. The SMILES string of the molecule is Cc1ccccc1C(=O)NCCCNC(=O)c1ccncc1. The molecule has 0 radical (unpaired) electrons. The van der Waals surface area contributed by atoms with Crippen LogP contribution >= 0.6 is 0 Å². The fraction of sp³-hybridized carbons (Fsp3) is 0.235. The van der Waals surface area contributed by atoms with Gasteiger partial charge in [0.1, 0.15) is 0 Å². The van der Waals surface area contributed by atoms with Gasteiger partial charge in [-0.25, -0.2) is 0 Å².